The van der Waals surface area contributed by atoms with Crippen molar-refractivity contribution in [1.29, 1.82) is 0 Å². The van der Waals surface area contributed by atoms with E-state index in [0.717, 1.165) is 43.9 Å². The zero-order valence-electron chi connectivity index (χ0n) is 61.3. The lowest BCUT2D eigenvalue weighted by molar-refractivity contribution is -0.143. The second-order valence-electron chi connectivity index (χ2n) is 27.8. The summed E-state index contributed by atoms with van der Waals surface area (Å²) in [5.74, 6) is -14.6. The average Bonchev–Trinajstić information content (AvgIpc) is 1.82. The van der Waals surface area contributed by atoms with E-state index in [1.165, 1.54) is 74.7 Å². The Hall–Kier alpha value is -9.30. The van der Waals surface area contributed by atoms with Gasteiger partial charge in [0.1, 0.15) is 71.9 Å². The molecular formula is C73H112N12O20. The first kappa shape index (κ1) is 88.1. The van der Waals surface area contributed by atoms with Crippen molar-refractivity contribution in [3.05, 3.63) is 59.7 Å². The number of aliphatic hydroxyl groups excluding tert-OH is 2. The number of phenols is 1. The largest absolute Gasteiger partial charge is 0.508 e. The molecule has 3 heterocycles. The van der Waals surface area contributed by atoms with E-state index in [0.29, 0.717) is 30.7 Å². The first-order valence-electron chi connectivity index (χ1n) is 36.7. The van der Waals surface area contributed by atoms with Gasteiger partial charge in [-0.3, -0.25) is 62.3 Å². The number of hydrogen-bond acceptors (Lipinski definition) is 19. The zero-order valence-corrected chi connectivity index (χ0v) is 61.3. The van der Waals surface area contributed by atoms with Gasteiger partial charge >= 0.3 is 17.9 Å². The Labute approximate surface area is 612 Å². The molecule has 0 aliphatic carbocycles. The number of hydrogen-bond donors (Lipinski definition) is 16. The van der Waals surface area contributed by atoms with Gasteiger partial charge in [-0.2, -0.15) is 0 Å². The number of esters is 1. The van der Waals surface area contributed by atoms with Crippen molar-refractivity contribution in [2.24, 2.45) is 23.3 Å². The van der Waals surface area contributed by atoms with E-state index in [2.05, 4.69) is 61.7 Å². The number of carbonyl (C=O) groups is 14. The summed E-state index contributed by atoms with van der Waals surface area (Å²) in [6.07, 6.45) is 2.67. The number of aliphatic hydroxyl groups is 2. The van der Waals surface area contributed by atoms with Gasteiger partial charge in [-0.15, -0.1) is 0 Å². The van der Waals surface area contributed by atoms with Crippen LogP contribution in [0.1, 0.15) is 200 Å². The van der Waals surface area contributed by atoms with E-state index in [4.69, 9.17) is 16.2 Å². The number of nitrogens with one attached hydrogen (secondary N) is 9. The first-order chi connectivity index (χ1) is 49.8. The third-order valence-corrected chi connectivity index (χ3v) is 18.6. The molecule has 0 aromatic heterocycles. The molecule has 1 unspecified atom stereocenters. The molecule has 32 heteroatoms. The molecule has 2 bridgehead atoms. The number of carboxylic acids is 2. The molecule has 11 amide bonds. The fourth-order valence-corrected chi connectivity index (χ4v) is 12.2. The predicted octanol–water partition coefficient (Wildman–Crippen LogP) is 1.33. The number of phenolic OH excluding ortho intramolecular Hbond substituents is 1. The van der Waals surface area contributed by atoms with Crippen LogP contribution >= 0.6 is 0 Å². The summed E-state index contributed by atoms with van der Waals surface area (Å²) in [6, 6.07) is -4.81. The van der Waals surface area contributed by atoms with Crippen LogP contribution < -0.4 is 64.1 Å². The number of fused-ring (bicyclic) bond motifs is 23. The van der Waals surface area contributed by atoms with Crippen LogP contribution in [0.4, 0.5) is 0 Å². The van der Waals surface area contributed by atoms with E-state index >= 15 is 0 Å². The van der Waals surface area contributed by atoms with E-state index in [9.17, 15) is 92.7 Å². The van der Waals surface area contributed by atoms with Crippen LogP contribution in [0.15, 0.2) is 48.5 Å². The lowest BCUT2D eigenvalue weighted by Crippen LogP contribution is -2.62. The Morgan fingerprint density at radius 2 is 1.15 bits per heavy atom. The molecule has 32 nitrogen and oxygen atoms in total. The van der Waals surface area contributed by atoms with Gasteiger partial charge < -0.3 is 94.5 Å². The normalized spacial score (nSPS) is 21.9. The van der Waals surface area contributed by atoms with Gasteiger partial charge in [0, 0.05) is 38.6 Å². The van der Waals surface area contributed by atoms with Crippen LogP contribution in [0.2, 0.25) is 0 Å². The van der Waals surface area contributed by atoms with Gasteiger partial charge in [0.05, 0.1) is 18.6 Å². The molecule has 0 spiro atoms. The number of ether oxygens (including phenoxy) is 1. The number of primary amides is 1. The van der Waals surface area contributed by atoms with Crippen molar-refractivity contribution in [2.75, 3.05) is 13.1 Å². The lowest BCUT2D eigenvalue weighted by atomic mass is 9.97. The third-order valence-electron chi connectivity index (χ3n) is 18.6. The summed E-state index contributed by atoms with van der Waals surface area (Å²) < 4.78 is 5.83. The maximum absolute atomic E-state index is 14.8. The average molecular weight is 1480 g/mol. The summed E-state index contributed by atoms with van der Waals surface area (Å²) in [5.41, 5.74) is 12.0. The highest BCUT2D eigenvalue weighted by atomic mass is 16.5. The third kappa shape index (κ3) is 31.5. The minimum Gasteiger partial charge on any atom is -0.508 e. The van der Waals surface area contributed by atoms with Crippen LogP contribution in [-0.4, -0.2) is 199 Å². The molecule has 13 atom stereocenters. The highest BCUT2D eigenvalue weighted by Crippen LogP contribution is 2.23. The van der Waals surface area contributed by atoms with Gasteiger partial charge in [0.2, 0.25) is 65.0 Å². The number of rotatable bonds is 36. The monoisotopic (exact) mass is 1480 g/mol. The second-order valence-corrected chi connectivity index (χ2v) is 27.8. The molecule has 2 aromatic rings. The number of amides is 11. The molecule has 0 radical (unpaired) electrons. The number of unbranched alkanes of at least 4 members (excludes halogenated alkanes) is 7. The van der Waals surface area contributed by atoms with Gasteiger partial charge in [0.25, 0.3) is 0 Å². The van der Waals surface area contributed by atoms with Crippen LogP contribution in [0.25, 0.3) is 0 Å². The maximum atomic E-state index is 14.8. The molecular weight excluding hydrogens is 1360 g/mol. The molecule has 2 aromatic carbocycles. The summed E-state index contributed by atoms with van der Waals surface area (Å²) >= 11 is 0. The molecule has 5 rings (SSSR count). The number of carboxylic acid groups (broad SMARTS) is 2. The van der Waals surface area contributed by atoms with Crippen molar-refractivity contribution in [3.63, 3.8) is 0 Å². The van der Waals surface area contributed by atoms with Crippen molar-refractivity contribution in [2.45, 2.75) is 275 Å². The highest BCUT2D eigenvalue weighted by Gasteiger charge is 2.42. The molecule has 105 heavy (non-hydrogen) atoms. The quantitative estimate of drug-likeness (QED) is 0.0198. The first-order valence-corrected chi connectivity index (χ1v) is 36.7. The molecule has 3 aliphatic rings. The minimum absolute atomic E-state index is 0.0227. The number of nitrogens with zero attached hydrogens (tertiary/aromatic N) is 1. The fraction of sp³-hybridized carbons (Fsp3) is 0.644. The molecule has 3 aliphatic heterocycles. The van der Waals surface area contributed by atoms with Crippen molar-refractivity contribution in [3.8, 4) is 11.5 Å². The smallest absolute Gasteiger partial charge is 0.334 e. The van der Waals surface area contributed by atoms with Crippen LogP contribution in [0.5, 0.6) is 11.5 Å². The van der Waals surface area contributed by atoms with Crippen molar-refractivity contribution < 1.29 is 97.4 Å². The minimum atomic E-state index is -1.98. The molecule has 584 valence electrons. The molecule has 18 N–H and O–H groups in total. The van der Waals surface area contributed by atoms with Crippen LogP contribution in [0.3, 0.4) is 0 Å². The number of carbonyl (C=O) groups excluding carboxylic acids is 12. The van der Waals surface area contributed by atoms with Crippen LogP contribution in [0, 0.1) is 11.8 Å². The van der Waals surface area contributed by atoms with Crippen LogP contribution in [-0.2, 0) is 80.0 Å². The predicted molar refractivity (Wildman–Crippen MR) is 383 cm³/mol. The fourth-order valence-electron chi connectivity index (χ4n) is 12.2. The standard InChI is InChI=1S/C73H112N12O20/c1-7-43(5)62-73(104)105-49-29-25-46(26-30-49)40-56(81-64(95)51(21-17-37-74)78-65(96)52(32-35-60(91)92)76-59(90)41-48(88)20-16-14-12-10-9-11-13-15-19-42(3)4)69(100)84-63(44(6)86)71(102)80-54(33-36-61(93)94)66(97)77-50(8-2)72(103)85-38-18-22-57(85)70(101)79-53(31-34-58(75)89)67(98)82-55(68(99)83-62)39-45-23-27-47(87)28-24-45/h23-30,42-44,48,50-57,62-63,86-88H,7-22,31-41,74H2,1-6H3,(H2,75,89)(H,76,90)(H,77,97)(H,78,96)(H,79,101)(H,80,102)(H,81,95)(H,82,98)(H,83,99)(H,84,100)(H,91,92)(H,93,94)/t43-,44+,48?,50+,51-,52-,53-,54-,55-,56-,57-,62-,63-/m0/s1. The van der Waals surface area contributed by atoms with Gasteiger partial charge in [-0.1, -0.05) is 123 Å². The summed E-state index contributed by atoms with van der Waals surface area (Å²) in [4.78, 5) is 195. The number of nitrogens with two attached hydrogens (primary N) is 2. The van der Waals surface area contributed by atoms with E-state index < -0.39 is 213 Å². The Kier molecular flexibility index (Phi) is 38.4. The second kappa shape index (κ2) is 45.8. The van der Waals surface area contributed by atoms with Gasteiger partial charge in [-0.05, 0) is 118 Å². The maximum Gasteiger partial charge on any atom is 0.334 e. The Balaban J connectivity index is 1.77. The SMILES string of the molecule is CC[C@H]1NC(=O)[C@H](CCC(=O)O)NC(=O)[C@H]([C@@H](C)O)NC(=O)[C@@H](NC(=O)[C@H](CCCN)NC(=O)[C@H](CCC(=O)O)NC(=O)CC(O)CCCCCCCCCCC(C)C)Cc2ccc(cc2)OC(=O)[C@H]([C@@H](C)CC)NC(=O)[C@H](Cc2ccc(O)cc2)NC(=O)[C@H](CCC(N)=O)NC(=O)[C@@H]2CCCN2C1=O. The molecule has 0 saturated carbocycles. The Morgan fingerprint density at radius 3 is 1.72 bits per heavy atom. The molecule has 1 saturated heterocycles. The number of aliphatic carboxylic acids is 2. The summed E-state index contributed by atoms with van der Waals surface area (Å²) in [7, 11) is 0. The van der Waals surface area contributed by atoms with Crippen molar-refractivity contribution >= 4 is 82.9 Å². The van der Waals surface area contributed by atoms with E-state index in [1.807, 2.05) is 0 Å². The van der Waals surface area contributed by atoms with E-state index in [1.54, 1.807) is 13.8 Å². The van der Waals surface area contributed by atoms with E-state index in [-0.39, 0.29) is 68.7 Å². The lowest BCUT2D eigenvalue weighted by Gasteiger charge is -2.31. The highest BCUT2D eigenvalue weighted by molar-refractivity contribution is 5.99. The van der Waals surface area contributed by atoms with Gasteiger partial charge in [0.15, 0.2) is 0 Å². The zero-order chi connectivity index (χ0) is 77.9. The molecule has 1 fully saturated rings. The number of aromatic hydroxyl groups is 1. The van der Waals surface area contributed by atoms with Crippen molar-refractivity contribution in [1.82, 2.24) is 52.8 Å². The Morgan fingerprint density at radius 1 is 0.600 bits per heavy atom. The Bertz CT molecular complexity index is 3230. The summed E-state index contributed by atoms with van der Waals surface area (Å²) in [5, 5.41) is 74.4. The number of benzene rings is 2. The summed E-state index contributed by atoms with van der Waals surface area (Å²) in [6.45, 7) is 10.3. The topological polar surface area (TPSA) is 513 Å². The van der Waals surface area contributed by atoms with Gasteiger partial charge in [-0.25, -0.2) is 4.79 Å².